The molecular formula is C11H15N5O3S. The number of nitrogens with one attached hydrogen (secondary N) is 3. The van der Waals surface area contributed by atoms with E-state index in [0.717, 1.165) is 5.56 Å². The maximum atomic E-state index is 12.1. The summed E-state index contributed by atoms with van der Waals surface area (Å²) in [5, 5.41) is 8.78. The first-order valence-corrected chi connectivity index (χ1v) is 7.28. The maximum Gasteiger partial charge on any atom is 0.267 e. The van der Waals surface area contributed by atoms with Crippen molar-refractivity contribution < 1.29 is 13.2 Å². The van der Waals surface area contributed by atoms with Gasteiger partial charge in [-0.25, -0.2) is 13.1 Å². The number of rotatable bonds is 5. The SMILES string of the molecule is CNC(=O)c1cc(S(=O)(=O)NCc2cn[nH]c2)cn1C. The molecule has 2 heterocycles. The summed E-state index contributed by atoms with van der Waals surface area (Å²) in [6.45, 7) is 0.128. The molecule has 2 aromatic heterocycles. The minimum Gasteiger partial charge on any atom is -0.354 e. The lowest BCUT2D eigenvalue weighted by molar-refractivity contribution is 0.0955. The highest BCUT2D eigenvalue weighted by Crippen LogP contribution is 2.13. The second-order valence-corrected chi connectivity index (χ2v) is 5.95. The van der Waals surface area contributed by atoms with Gasteiger partial charge in [0.1, 0.15) is 10.6 Å². The molecule has 0 aliphatic carbocycles. The highest BCUT2D eigenvalue weighted by atomic mass is 32.2. The zero-order valence-corrected chi connectivity index (χ0v) is 11.9. The molecule has 0 unspecified atom stereocenters. The average molecular weight is 297 g/mol. The van der Waals surface area contributed by atoms with Gasteiger partial charge in [-0.15, -0.1) is 0 Å². The molecule has 1 amide bonds. The van der Waals surface area contributed by atoms with Crippen LogP contribution in [0.15, 0.2) is 29.6 Å². The van der Waals surface area contributed by atoms with E-state index >= 15 is 0 Å². The van der Waals surface area contributed by atoms with Crippen LogP contribution in [0.5, 0.6) is 0 Å². The Bertz CT molecular complexity index is 703. The summed E-state index contributed by atoms with van der Waals surface area (Å²) in [5.74, 6) is -0.344. The molecule has 3 N–H and O–H groups in total. The summed E-state index contributed by atoms with van der Waals surface area (Å²) in [5.41, 5.74) is 0.993. The van der Waals surface area contributed by atoms with E-state index < -0.39 is 10.0 Å². The van der Waals surface area contributed by atoms with Crippen LogP contribution in [-0.2, 0) is 23.6 Å². The number of carbonyl (C=O) groups excluding carboxylic acids is 1. The fourth-order valence-electron chi connectivity index (χ4n) is 1.67. The fraction of sp³-hybridized carbons (Fsp3) is 0.273. The van der Waals surface area contributed by atoms with Gasteiger partial charge in [-0.05, 0) is 6.07 Å². The highest BCUT2D eigenvalue weighted by Gasteiger charge is 2.19. The number of hydrogen-bond acceptors (Lipinski definition) is 4. The van der Waals surface area contributed by atoms with E-state index in [1.54, 1.807) is 13.2 Å². The van der Waals surface area contributed by atoms with Crippen LogP contribution in [0.2, 0.25) is 0 Å². The molecule has 8 nitrogen and oxygen atoms in total. The lowest BCUT2D eigenvalue weighted by Gasteiger charge is -2.02. The summed E-state index contributed by atoms with van der Waals surface area (Å²) in [7, 11) is -0.575. The maximum absolute atomic E-state index is 12.1. The quantitative estimate of drug-likeness (QED) is 0.696. The van der Waals surface area contributed by atoms with Gasteiger partial charge in [0, 0.05) is 38.6 Å². The summed E-state index contributed by atoms with van der Waals surface area (Å²) in [6, 6.07) is 1.33. The Balaban J connectivity index is 2.19. The molecule has 9 heteroatoms. The molecule has 0 saturated carbocycles. The third kappa shape index (κ3) is 2.89. The van der Waals surface area contributed by atoms with E-state index in [4.69, 9.17) is 0 Å². The first-order valence-electron chi connectivity index (χ1n) is 5.80. The van der Waals surface area contributed by atoms with E-state index in [2.05, 4.69) is 20.2 Å². The second-order valence-electron chi connectivity index (χ2n) is 4.18. The van der Waals surface area contributed by atoms with Gasteiger partial charge >= 0.3 is 0 Å². The summed E-state index contributed by atoms with van der Waals surface area (Å²) >= 11 is 0. The molecule has 0 aliphatic heterocycles. The summed E-state index contributed by atoms with van der Waals surface area (Å²) < 4.78 is 28.1. The van der Waals surface area contributed by atoms with E-state index in [1.165, 1.54) is 30.1 Å². The Labute approximate surface area is 116 Å². The number of sulfonamides is 1. The van der Waals surface area contributed by atoms with Gasteiger partial charge in [0.15, 0.2) is 0 Å². The van der Waals surface area contributed by atoms with Gasteiger partial charge in [-0.2, -0.15) is 5.10 Å². The normalized spacial score (nSPS) is 11.5. The Morgan fingerprint density at radius 3 is 2.85 bits per heavy atom. The van der Waals surface area contributed by atoms with E-state index in [0.29, 0.717) is 0 Å². The first kappa shape index (κ1) is 14.3. The third-order valence-electron chi connectivity index (χ3n) is 2.77. The molecule has 108 valence electrons. The number of nitrogens with zero attached hydrogens (tertiary/aromatic N) is 2. The van der Waals surface area contributed by atoms with Crippen LogP contribution in [0.4, 0.5) is 0 Å². The molecule has 0 aliphatic rings. The lowest BCUT2D eigenvalue weighted by atomic mass is 10.4. The highest BCUT2D eigenvalue weighted by molar-refractivity contribution is 7.89. The molecule has 0 aromatic carbocycles. The zero-order chi connectivity index (χ0) is 14.8. The minimum atomic E-state index is -3.67. The van der Waals surface area contributed by atoms with Crippen LogP contribution in [-0.4, -0.2) is 36.1 Å². The number of amides is 1. The molecule has 0 bridgehead atoms. The van der Waals surface area contributed by atoms with Crippen molar-refractivity contribution in [3.8, 4) is 0 Å². The number of hydrogen-bond donors (Lipinski definition) is 3. The standard InChI is InChI=1S/C11H15N5O3S/c1-12-11(17)10-3-9(7-16(10)2)20(18,19)15-6-8-4-13-14-5-8/h3-5,7,15H,6H2,1-2H3,(H,12,17)(H,13,14). The predicted molar refractivity (Wildman–Crippen MR) is 71.4 cm³/mol. The number of aryl methyl sites for hydroxylation is 1. The van der Waals surface area contributed by atoms with Crippen molar-refractivity contribution in [2.75, 3.05) is 7.05 Å². The smallest absolute Gasteiger partial charge is 0.267 e. The van der Waals surface area contributed by atoms with E-state index in [-0.39, 0.29) is 23.0 Å². The molecule has 0 saturated heterocycles. The van der Waals surface area contributed by atoms with Crippen molar-refractivity contribution in [2.45, 2.75) is 11.4 Å². The van der Waals surface area contributed by atoms with Crippen LogP contribution in [0.3, 0.4) is 0 Å². The molecule has 0 radical (unpaired) electrons. The van der Waals surface area contributed by atoms with Crippen LogP contribution in [0.25, 0.3) is 0 Å². The largest absolute Gasteiger partial charge is 0.354 e. The van der Waals surface area contributed by atoms with Gasteiger partial charge in [0.05, 0.1) is 6.20 Å². The van der Waals surface area contributed by atoms with Crippen LogP contribution < -0.4 is 10.0 Å². The van der Waals surface area contributed by atoms with Crippen molar-refractivity contribution in [3.63, 3.8) is 0 Å². The van der Waals surface area contributed by atoms with Gasteiger partial charge in [-0.3, -0.25) is 9.89 Å². The number of H-pyrrole nitrogens is 1. The van der Waals surface area contributed by atoms with Gasteiger partial charge < -0.3 is 9.88 Å². The summed E-state index contributed by atoms with van der Waals surface area (Å²) in [4.78, 5) is 11.6. The monoisotopic (exact) mass is 297 g/mol. The first-order chi connectivity index (χ1) is 9.44. The lowest BCUT2D eigenvalue weighted by Crippen LogP contribution is -2.22. The van der Waals surface area contributed by atoms with Crippen LogP contribution in [0, 0.1) is 0 Å². The van der Waals surface area contributed by atoms with Gasteiger partial charge in [0.25, 0.3) is 5.91 Å². The second kappa shape index (κ2) is 5.47. The Morgan fingerprint density at radius 2 is 2.25 bits per heavy atom. The molecule has 0 atom stereocenters. The Morgan fingerprint density at radius 1 is 1.50 bits per heavy atom. The Hall–Kier alpha value is -2.13. The molecule has 20 heavy (non-hydrogen) atoms. The fourth-order valence-corrected chi connectivity index (χ4v) is 2.76. The van der Waals surface area contributed by atoms with Crippen molar-refractivity contribution >= 4 is 15.9 Å². The van der Waals surface area contributed by atoms with E-state index in [1.807, 2.05) is 0 Å². The number of aromatic amines is 1. The van der Waals surface area contributed by atoms with Crippen LogP contribution in [0.1, 0.15) is 16.1 Å². The topological polar surface area (TPSA) is 109 Å². The zero-order valence-electron chi connectivity index (χ0n) is 11.0. The molecule has 2 aromatic rings. The van der Waals surface area contributed by atoms with Crippen molar-refractivity contribution in [3.05, 3.63) is 35.9 Å². The number of aromatic nitrogens is 3. The summed E-state index contributed by atoms with van der Waals surface area (Å²) in [6.07, 6.45) is 4.52. The van der Waals surface area contributed by atoms with Gasteiger partial charge in [0.2, 0.25) is 10.0 Å². The van der Waals surface area contributed by atoms with Crippen molar-refractivity contribution in [2.24, 2.45) is 7.05 Å². The molecular weight excluding hydrogens is 282 g/mol. The van der Waals surface area contributed by atoms with Crippen LogP contribution >= 0.6 is 0 Å². The number of carbonyl (C=O) groups is 1. The van der Waals surface area contributed by atoms with E-state index in [9.17, 15) is 13.2 Å². The predicted octanol–water partition coefficient (Wildman–Crippen LogP) is -0.414. The molecule has 0 fully saturated rings. The third-order valence-corrected chi connectivity index (χ3v) is 4.14. The molecule has 2 rings (SSSR count). The Kier molecular flexibility index (Phi) is 3.91. The minimum absolute atomic E-state index is 0.0436. The average Bonchev–Trinajstić information content (AvgIpc) is 3.05. The van der Waals surface area contributed by atoms with Crippen molar-refractivity contribution in [1.82, 2.24) is 24.8 Å². The van der Waals surface area contributed by atoms with Crippen molar-refractivity contribution in [1.29, 1.82) is 0 Å². The van der Waals surface area contributed by atoms with Gasteiger partial charge in [-0.1, -0.05) is 0 Å². The molecule has 0 spiro atoms.